The number of nitrogens with zero attached hydrogens (tertiary/aromatic N) is 2. The first-order chi connectivity index (χ1) is 11.4. The number of ether oxygens (including phenoxy) is 1. The summed E-state index contributed by atoms with van der Waals surface area (Å²) in [7, 11) is 0. The van der Waals surface area contributed by atoms with E-state index in [0.717, 1.165) is 12.8 Å². The largest absolute Gasteiger partial charge is 0.443 e. The molecule has 0 N–H and O–H groups in total. The molecule has 0 radical (unpaired) electrons. The number of alkyl halides is 2. The SMILES string of the molecule is CC(C)(C)OC(=O)N1CC(C)(C)c2ncc(C(F)(F)CC3CC3)cc21. The number of amides is 1. The number of anilines is 1. The second-order valence-corrected chi connectivity index (χ2v) is 8.89. The van der Waals surface area contributed by atoms with E-state index >= 15 is 0 Å². The predicted molar refractivity (Wildman–Crippen MR) is 92.1 cm³/mol. The second kappa shape index (κ2) is 5.64. The Labute approximate surface area is 147 Å². The summed E-state index contributed by atoms with van der Waals surface area (Å²) in [6.45, 7) is 9.61. The lowest BCUT2D eigenvalue weighted by Gasteiger charge is -2.26. The molecule has 3 rings (SSSR count). The number of hydrogen-bond donors (Lipinski definition) is 0. The maximum Gasteiger partial charge on any atom is 0.414 e. The summed E-state index contributed by atoms with van der Waals surface area (Å²) < 4.78 is 34.5. The van der Waals surface area contributed by atoms with Gasteiger partial charge in [-0.2, -0.15) is 0 Å². The zero-order chi connectivity index (χ0) is 18.6. The molecule has 1 aromatic heterocycles. The molecule has 1 saturated carbocycles. The lowest BCUT2D eigenvalue weighted by atomic mass is 9.91. The van der Waals surface area contributed by atoms with Crippen molar-refractivity contribution in [2.24, 2.45) is 5.92 Å². The minimum atomic E-state index is -2.92. The molecule has 4 nitrogen and oxygen atoms in total. The molecule has 1 fully saturated rings. The van der Waals surface area contributed by atoms with E-state index in [1.165, 1.54) is 17.2 Å². The van der Waals surface area contributed by atoms with Crippen LogP contribution in [-0.2, 0) is 16.1 Å². The number of fused-ring (bicyclic) bond motifs is 1. The van der Waals surface area contributed by atoms with Gasteiger partial charge in [0.1, 0.15) is 5.60 Å². The van der Waals surface area contributed by atoms with Crippen LogP contribution in [0.2, 0.25) is 0 Å². The third kappa shape index (κ3) is 3.77. The molecule has 0 atom stereocenters. The van der Waals surface area contributed by atoms with Crippen LogP contribution in [0.5, 0.6) is 0 Å². The molecule has 25 heavy (non-hydrogen) atoms. The predicted octanol–water partition coefficient (Wildman–Crippen LogP) is 5.01. The number of hydrogen-bond acceptors (Lipinski definition) is 3. The van der Waals surface area contributed by atoms with Crippen molar-refractivity contribution in [3.8, 4) is 0 Å². The standard InChI is InChI=1S/C19H26F2N2O2/c1-17(2,3)25-16(24)23-11-18(4,5)15-14(23)8-13(10-22-15)19(20,21)9-12-6-7-12/h8,10,12H,6-7,9,11H2,1-5H3. The van der Waals surface area contributed by atoms with Crippen molar-refractivity contribution in [1.29, 1.82) is 0 Å². The second-order valence-electron chi connectivity index (χ2n) is 8.89. The first kappa shape index (κ1) is 18.1. The molecule has 1 aliphatic carbocycles. The normalized spacial score (nSPS) is 19.7. The smallest absolute Gasteiger partial charge is 0.414 e. The maximum atomic E-state index is 14.5. The Balaban J connectivity index is 1.94. The molecule has 1 aliphatic heterocycles. The lowest BCUT2D eigenvalue weighted by Crippen LogP contribution is -2.38. The first-order valence-corrected chi connectivity index (χ1v) is 8.78. The molecule has 0 spiro atoms. The van der Waals surface area contributed by atoms with Gasteiger partial charge in [-0.15, -0.1) is 0 Å². The van der Waals surface area contributed by atoms with Gasteiger partial charge in [-0.3, -0.25) is 9.88 Å². The van der Waals surface area contributed by atoms with Crippen molar-refractivity contribution in [1.82, 2.24) is 4.98 Å². The van der Waals surface area contributed by atoms with E-state index in [4.69, 9.17) is 4.74 Å². The minimum Gasteiger partial charge on any atom is -0.443 e. The van der Waals surface area contributed by atoms with Crippen LogP contribution >= 0.6 is 0 Å². The molecule has 0 saturated heterocycles. The Morgan fingerprint density at radius 2 is 2.00 bits per heavy atom. The van der Waals surface area contributed by atoms with Gasteiger partial charge < -0.3 is 4.74 Å². The summed E-state index contributed by atoms with van der Waals surface area (Å²) in [4.78, 5) is 18.3. The first-order valence-electron chi connectivity index (χ1n) is 8.78. The van der Waals surface area contributed by atoms with Gasteiger partial charge in [0.2, 0.25) is 0 Å². The van der Waals surface area contributed by atoms with E-state index in [1.807, 2.05) is 13.8 Å². The zero-order valence-corrected chi connectivity index (χ0v) is 15.5. The Kier molecular flexibility index (Phi) is 4.08. The average molecular weight is 352 g/mol. The van der Waals surface area contributed by atoms with Gasteiger partial charge in [0, 0.05) is 30.1 Å². The molecule has 1 aromatic rings. The van der Waals surface area contributed by atoms with Crippen molar-refractivity contribution in [3.05, 3.63) is 23.5 Å². The molecular formula is C19H26F2N2O2. The zero-order valence-electron chi connectivity index (χ0n) is 15.5. The molecule has 6 heteroatoms. The van der Waals surface area contributed by atoms with E-state index in [9.17, 15) is 13.6 Å². The van der Waals surface area contributed by atoms with Crippen LogP contribution in [0.25, 0.3) is 0 Å². The van der Waals surface area contributed by atoms with Crippen LogP contribution in [0, 0.1) is 5.92 Å². The summed E-state index contributed by atoms with van der Waals surface area (Å²) in [5.41, 5.74) is -0.0810. The van der Waals surface area contributed by atoms with Gasteiger partial charge >= 0.3 is 6.09 Å². The monoisotopic (exact) mass is 352 g/mol. The van der Waals surface area contributed by atoms with Crippen molar-refractivity contribution in [2.75, 3.05) is 11.4 Å². The van der Waals surface area contributed by atoms with Gasteiger partial charge in [-0.1, -0.05) is 13.8 Å². The lowest BCUT2D eigenvalue weighted by molar-refractivity contribution is -0.0192. The molecule has 0 aromatic carbocycles. The Hall–Kier alpha value is -1.72. The highest BCUT2D eigenvalue weighted by atomic mass is 19.3. The molecule has 2 aliphatic rings. The molecule has 1 amide bonds. The van der Waals surface area contributed by atoms with Gasteiger partial charge in [0.25, 0.3) is 5.92 Å². The summed E-state index contributed by atoms with van der Waals surface area (Å²) in [6.07, 6.45) is 2.32. The summed E-state index contributed by atoms with van der Waals surface area (Å²) in [5, 5.41) is 0. The highest BCUT2D eigenvalue weighted by molar-refractivity contribution is 5.91. The number of pyridine rings is 1. The molecule has 2 heterocycles. The fourth-order valence-corrected chi connectivity index (χ4v) is 3.22. The van der Waals surface area contributed by atoms with Crippen LogP contribution in [-0.4, -0.2) is 23.2 Å². The fraction of sp³-hybridized carbons (Fsp3) is 0.684. The van der Waals surface area contributed by atoms with Gasteiger partial charge in [0.15, 0.2) is 0 Å². The third-order valence-corrected chi connectivity index (χ3v) is 4.63. The number of rotatable bonds is 3. The molecular weight excluding hydrogens is 326 g/mol. The molecule has 0 unspecified atom stereocenters. The number of carbonyl (C=O) groups is 1. The van der Waals surface area contributed by atoms with Crippen molar-refractivity contribution in [3.63, 3.8) is 0 Å². The van der Waals surface area contributed by atoms with Gasteiger partial charge in [-0.05, 0) is 45.6 Å². The Morgan fingerprint density at radius 3 is 2.56 bits per heavy atom. The van der Waals surface area contributed by atoms with Crippen LogP contribution in [0.1, 0.15) is 65.1 Å². The fourth-order valence-electron chi connectivity index (χ4n) is 3.22. The third-order valence-electron chi connectivity index (χ3n) is 4.63. The Morgan fingerprint density at radius 1 is 1.36 bits per heavy atom. The van der Waals surface area contributed by atoms with Crippen LogP contribution in [0.4, 0.5) is 19.3 Å². The summed E-state index contributed by atoms with van der Waals surface area (Å²) >= 11 is 0. The highest BCUT2D eigenvalue weighted by Crippen LogP contribution is 2.46. The van der Waals surface area contributed by atoms with E-state index in [-0.39, 0.29) is 17.9 Å². The highest BCUT2D eigenvalue weighted by Gasteiger charge is 2.44. The van der Waals surface area contributed by atoms with Gasteiger partial charge in [0.05, 0.1) is 11.4 Å². The Bertz CT molecular complexity index is 691. The van der Waals surface area contributed by atoms with Crippen LogP contribution in [0.3, 0.4) is 0 Å². The van der Waals surface area contributed by atoms with Crippen molar-refractivity contribution in [2.45, 2.75) is 70.8 Å². The van der Waals surface area contributed by atoms with Gasteiger partial charge in [-0.25, -0.2) is 13.6 Å². The van der Waals surface area contributed by atoms with Crippen molar-refractivity contribution < 1.29 is 18.3 Å². The topological polar surface area (TPSA) is 42.4 Å². The number of aromatic nitrogens is 1. The number of carbonyl (C=O) groups excluding carboxylic acids is 1. The van der Waals surface area contributed by atoms with E-state index in [1.54, 1.807) is 20.8 Å². The number of halogens is 2. The molecule has 0 bridgehead atoms. The van der Waals surface area contributed by atoms with E-state index < -0.39 is 23.0 Å². The van der Waals surface area contributed by atoms with E-state index in [0.29, 0.717) is 17.9 Å². The minimum absolute atomic E-state index is 0.0988. The quantitative estimate of drug-likeness (QED) is 0.768. The van der Waals surface area contributed by atoms with Crippen LogP contribution in [0.15, 0.2) is 12.3 Å². The van der Waals surface area contributed by atoms with Crippen LogP contribution < -0.4 is 4.90 Å². The van der Waals surface area contributed by atoms with Crippen molar-refractivity contribution >= 4 is 11.8 Å². The molecule has 138 valence electrons. The summed E-state index contributed by atoms with van der Waals surface area (Å²) in [6, 6.07) is 1.42. The summed E-state index contributed by atoms with van der Waals surface area (Å²) in [5.74, 6) is -2.82. The average Bonchev–Trinajstić information content (AvgIpc) is 3.20. The van der Waals surface area contributed by atoms with E-state index in [2.05, 4.69) is 4.98 Å². The maximum absolute atomic E-state index is 14.5.